The number of anilines is 1. The van der Waals surface area contributed by atoms with Gasteiger partial charge in [-0.25, -0.2) is 0 Å². The Kier molecular flexibility index (Phi) is 8.06. The largest absolute Gasteiger partial charge is 0.325 e. The normalized spacial score (nSPS) is 10.4. The summed E-state index contributed by atoms with van der Waals surface area (Å²) >= 11 is 6.33. The second-order valence-corrected chi connectivity index (χ2v) is 5.51. The lowest BCUT2D eigenvalue weighted by atomic mass is 10.0. The van der Waals surface area contributed by atoms with E-state index in [1.165, 1.54) is 0 Å². The third kappa shape index (κ3) is 6.30. The molecule has 0 saturated heterocycles. The van der Waals surface area contributed by atoms with Gasteiger partial charge >= 0.3 is 0 Å². The van der Waals surface area contributed by atoms with Gasteiger partial charge in [-0.1, -0.05) is 44.0 Å². The van der Waals surface area contributed by atoms with Crippen molar-refractivity contribution in [2.75, 3.05) is 5.32 Å². The van der Waals surface area contributed by atoms with Crippen LogP contribution in [0.15, 0.2) is 18.2 Å². The molecule has 116 valence electrons. The molecule has 0 saturated carbocycles. The minimum atomic E-state index is -0.0351. The Bertz CT molecular complexity index is 486. The van der Waals surface area contributed by atoms with E-state index in [1.807, 2.05) is 32.0 Å². The zero-order valence-electron chi connectivity index (χ0n) is 12.9. The van der Waals surface area contributed by atoms with E-state index in [0.717, 1.165) is 31.2 Å². The van der Waals surface area contributed by atoms with Crippen LogP contribution in [0.1, 0.15) is 57.9 Å². The van der Waals surface area contributed by atoms with Gasteiger partial charge in [0.25, 0.3) is 0 Å². The molecule has 0 heterocycles. The molecule has 1 amide bonds. The average Bonchev–Trinajstić information content (AvgIpc) is 2.49. The van der Waals surface area contributed by atoms with Crippen molar-refractivity contribution in [2.45, 2.75) is 58.8 Å². The lowest BCUT2D eigenvalue weighted by Crippen LogP contribution is -2.10. The fourth-order valence-electron chi connectivity index (χ4n) is 2.10. The van der Waals surface area contributed by atoms with Gasteiger partial charge in [0.05, 0.1) is 10.7 Å². The third-order valence-electron chi connectivity index (χ3n) is 3.47. The monoisotopic (exact) mass is 309 g/mol. The first-order chi connectivity index (χ1) is 10.1. The minimum Gasteiger partial charge on any atom is -0.325 e. The highest BCUT2D eigenvalue weighted by molar-refractivity contribution is 6.34. The van der Waals surface area contributed by atoms with Gasteiger partial charge in [-0.05, 0) is 30.9 Å². The summed E-state index contributed by atoms with van der Waals surface area (Å²) in [4.78, 5) is 22.6. The van der Waals surface area contributed by atoms with Crippen molar-refractivity contribution in [1.82, 2.24) is 0 Å². The molecule has 4 heteroatoms. The lowest BCUT2D eigenvalue weighted by Gasteiger charge is -2.10. The molecule has 0 spiro atoms. The average molecular weight is 310 g/mol. The maximum absolute atomic E-state index is 11.4. The summed E-state index contributed by atoms with van der Waals surface area (Å²) in [6.45, 7) is 3.71. The summed E-state index contributed by atoms with van der Waals surface area (Å²) in [5.74, 6) is 0.296. The summed E-state index contributed by atoms with van der Waals surface area (Å²) in [6.07, 6.45) is 5.58. The van der Waals surface area contributed by atoms with E-state index < -0.39 is 0 Å². The first kappa shape index (κ1) is 17.7. The number of halogens is 1. The van der Waals surface area contributed by atoms with E-state index in [0.29, 0.717) is 35.8 Å². The molecular weight excluding hydrogens is 286 g/mol. The van der Waals surface area contributed by atoms with Gasteiger partial charge in [0.2, 0.25) is 5.91 Å². The second kappa shape index (κ2) is 9.56. The van der Waals surface area contributed by atoms with Crippen molar-refractivity contribution < 1.29 is 9.59 Å². The molecule has 3 nitrogen and oxygen atoms in total. The molecule has 0 aliphatic heterocycles. The van der Waals surface area contributed by atoms with Crippen LogP contribution in [0.25, 0.3) is 0 Å². The van der Waals surface area contributed by atoms with E-state index in [9.17, 15) is 9.59 Å². The zero-order chi connectivity index (χ0) is 15.7. The van der Waals surface area contributed by atoms with Crippen LogP contribution >= 0.6 is 11.6 Å². The van der Waals surface area contributed by atoms with E-state index in [1.54, 1.807) is 0 Å². The molecule has 0 atom stereocenters. The molecule has 21 heavy (non-hydrogen) atoms. The Morgan fingerprint density at radius 3 is 2.52 bits per heavy atom. The van der Waals surface area contributed by atoms with Crippen LogP contribution in [0.2, 0.25) is 5.02 Å². The number of aryl methyl sites for hydroxylation is 1. The van der Waals surface area contributed by atoms with Crippen molar-refractivity contribution in [3.8, 4) is 0 Å². The molecular formula is C17H24ClNO2. The SMILES string of the molecule is CCC(=O)CCCCCc1cccc(NC(=O)CC)c1Cl. The topological polar surface area (TPSA) is 46.2 Å². The molecule has 0 aliphatic carbocycles. The maximum Gasteiger partial charge on any atom is 0.224 e. The summed E-state index contributed by atoms with van der Waals surface area (Å²) in [5, 5.41) is 3.44. The van der Waals surface area contributed by atoms with E-state index >= 15 is 0 Å². The van der Waals surface area contributed by atoms with Gasteiger partial charge in [0.1, 0.15) is 5.78 Å². The number of rotatable bonds is 9. The molecule has 0 aliphatic rings. The van der Waals surface area contributed by atoms with Crippen LogP contribution in [0, 0.1) is 0 Å². The Morgan fingerprint density at radius 1 is 1.10 bits per heavy atom. The third-order valence-corrected chi connectivity index (χ3v) is 3.92. The molecule has 1 aromatic rings. The Balaban J connectivity index is 2.46. The number of carbonyl (C=O) groups is 2. The van der Waals surface area contributed by atoms with Crippen molar-refractivity contribution in [3.63, 3.8) is 0 Å². The highest BCUT2D eigenvalue weighted by atomic mass is 35.5. The molecule has 1 N–H and O–H groups in total. The van der Waals surface area contributed by atoms with Crippen LogP contribution in [0.3, 0.4) is 0 Å². The first-order valence-corrected chi connectivity index (χ1v) is 8.05. The standard InChI is InChI=1S/C17H24ClNO2/c1-3-14(20)11-7-5-6-9-13-10-8-12-15(17(13)18)19-16(21)4-2/h8,10,12H,3-7,9,11H2,1-2H3,(H,19,21). The Hall–Kier alpha value is -1.35. The summed E-state index contributed by atoms with van der Waals surface area (Å²) in [6, 6.07) is 5.72. The highest BCUT2D eigenvalue weighted by Gasteiger charge is 2.08. The summed E-state index contributed by atoms with van der Waals surface area (Å²) < 4.78 is 0. The predicted octanol–water partition coefficient (Wildman–Crippen LogP) is 4.77. The molecule has 1 aromatic carbocycles. The van der Waals surface area contributed by atoms with Gasteiger partial charge in [-0.3, -0.25) is 9.59 Å². The molecule has 1 rings (SSSR count). The van der Waals surface area contributed by atoms with Crippen molar-refractivity contribution >= 4 is 29.0 Å². The summed E-state index contributed by atoms with van der Waals surface area (Å²) in [5.41, 5.74) is 1.73. The van der Waals surface area contributed by atoms with Crippen molar-refractivity contribution in [2.24, 2.45) is 0 Å². The fourth-order valence-corrected chi connectivity index (χ4v) is 2.37. The van der Waals surface area contributed by atoms with Crippen LogP contribution in [0.5, 0.6) is 0 Å². The van der Waals surface area contributed by atoms with E-state index in [2.05, 4.69) is 5.32 Å². The van der Waals surface area contributed by atoms with Crippen LogP contribution in [-0.4, -0.2) is 11.7 Å². The Labute approximate surface area is 132 Å². The number of benzene rings is 1. The number of Topliss-reactive ketones (excluding diaryl/α,β-unsaturated/α-hetero) is 1. The summed E-state index contributed by atoms with van der Waals surface area (Å²) in [7, 11) is 0. The molecule has 0 fully saturated rings. The van der Waals surface area contributed by atoms with Crippen LogP contribution < -0.4 is 5.32 Å². The van der Waals surface area contributed by atoms with E-state index in [4.69, 9.17) is 11.6 Å². The van der Waals surface area contributed by atoms with Gasteiger partial charge < -0.3 is 5.32 Å². The Morgan fingerprint density at radius 2 is 1.86 bits per heavy atom. The number of hydrogen-bond acceptors (Lipinski definition) is 2. The van der Waals surface area contributed by atoms with Crippen LogP contribution in [-0.2, 0) is 16.0 Å². The molecule has 0 unspecified atom stereocenters. The smallest absolute Gasteiger partial charge is 0.224 e. The number of hydrogen-bond donors (Lipinski definition) is 1. The van der Waals surface area contributed by atoms with E-state index in [-0.39, 0.29) is 5.91 Å². The number of ketones is 1. The highest BCUT2D eigenvalue weighted by Crippen LogP contribution is 2.27. The molecule has 0 aromatic heterocycles. The van der Waals surface area contributed by atoms with Gasteiger partial charge in [0, 0.05) is 19.3 Å². The quantitative estimate of drug-likeness (QED) is 0.668. The van der Waals surface area contributed by atoms with Crippen molar-refractivity contribution in [3.05, 3.63) is 28.8 Å². The number of unbranched alkanes of at least 4 members (excludes halogenated alkanes) is 2. The second-order valence-electron chi connectivity index (χ2n) is 5.13. The maximum atomic E-state index is 11.4. The molecule has 0 radical (unpaired) electrons. The number of amides is 1. The molecule has 0 bridgehead atoms. The predicted molar refractivity (Wildman–Crippen MR) is 87.8 cm³/mol. The fraction of sp³-hybridized carbons (Fsp3) is 0.529. The van der Waals surface area contributed by atoms with Gasteiger partial charge in [-0.2, -0.15) is 0 Å². The van der Waals surface area contributed by atoms with Gasteiger partial charge in [-0.15, -0.1) is 0 Å². The first-order valence-electron chi connectivity index (χ1n) is 7.67. The number of nitrogens with one attached hydrogen (secondary N) is 1. The lowest BCUT2D eigenvalue weighted by molar-refractivity contribution is -0.119. The van der Waals surface area contributed by atoms with Gasteiger partial charge in [0.15, 0.2) is 0 Å². The zero-order valence-corrected chi connectivity index (χ0v) is 13.6. The van der Waals surface area contributed by atoms with Crippen LogP contribution in [0.4, 0.5) is 5.69 Å². The number of carbonyl (C=O) groups excluding carboxylic acids is 2. The minimum absolute atomic E-state index is 0.0351. The van der Waals surface area contributed by atoms with Crippen molar-refractivity contribution in [1.29, 1.82) is 0 Å².